The third kappa shape index (κ3) is 3.17. The first kappa shape index (κ1) is 21.9. The minimum absolute atomic E-state index is 0.00192. The third-order valence-electron chi connectivity index (χ3n) is 5.36. The fourth-order valence-corrected chi connectivity index (χ4v) is 4.41. The van der Waals surface area contributed by atoms with Crippen molar-refractivity contribution in [3.05, 3.63) is 62.4 Å². The van der Waals surface area contributed by atoms with Crippen LogP contribution in [0.15, 0.2) is 39.9 Å². The molecule has 1 aliphatic heterocycles. The highest BCUT2D eigenvalue weighted by Gasteiger charge is 2.49. The highest BCUT2D eigenvalue weighted by molar-refractivity contribution is 7.87. The molecule has 0 saturated carbocycles. The standard InChI is InChI=1S/C20H18F3N3O5S/c1-11-6-4-7-12(10-11)15-14-17(24(2)19(28)25(3)18(14)27)16-13(8-5-9-26(15)16)31-32(29,30)20(21,22)23/h4,6-8,10H,5,9H2,1-3H3. The molecule has 0 unspecified atom stereocenters. The van der Waals surface area contributed by atoms with E-state index in [1.54, 1.807) is 18.2 Å². The summed E-state index contributed by atoms with van der Waals surface area (Å²) in [6, 6.07) is 7.11. The third-order valence-corrected chi connectivity index (χ3v) is 6.32. The zero-order valence-electron chi connectivity index (χ0n) is 17.2. The van der Waals surface area contributed by atoms with Gasteiger partial charge in [-0.3, -0.25) is 13.9 Å². The maximum Gasteiger partial charge on any atom is 0.534 e. The van der Waals surface area contributed by atoms with Crippen LogP contribution in [0.1, 0.15) is 17.7 Å². The Kier molecular flexibility index (Phi) is 4.88. The van der Waals surface area contributed by atoms with Crippen molar-refractivity contribution < 1.29 is 25.8 Å². The zero-order chi connectivity index (χ0) is 23.6. The summed E-state index contributed by atoms with van der Waals surface area (Å²) in [6.45, 7) is 2.08. The molecule has 3 heterocycles. The van der Waals surface area contributed by atoms with E-state index in [4.69, 9.17) is 0 Å². The number of hydrogen-bond donors (Lipinski definition) is 0. The Hall–Kier alpha value is -3.28. The average molecular weight is 469 g/mol. The number of hydrogen-bond acceptors (Lipinski definition) is 5. The number of allylic oxidation sites excluding steroid dienone is 1. The van der Waals surface area contributed by atoms with Crippen LogP contribution < -0.4 is 11.2 Å². The number of benzene rings is 1. The Morgan fingerprint density at radius 2 is 1.75 bits per heavy atom. The van der Waals surface area contributed by atoms with Crippen LogP contribution in [0.4, 0.5) is 13.2 Å². The van der Waals surface area contributed by atoms with Crippen LogP contribution in [-0.4, -0.2) is 27.6 Å². The van der Waals surface area contributed by atoms with E-state index in [2.05, 4.69) is 4.18 Å². The molecule has 32 heavy (non-hydrogen) atoms. The molecule has 0 bridgehead atoms. The van der Waals surface area contributed by atoms with E-state index >= 15 is 0 Å². The molecule has 1 aliphatic rings. The number of aryl methyl sites for hydroxylation is 2. The summed E-state index contributed by atoms with van der Waals surface area (Å²) in [6.07, 6.45) is 1.36. The predicted molar refractivity (Wildman–Crippen MR) is 111 cm³/mol. The summed E-state index contributed by atoms with van der Waals surface area (Å²) in [4.78, 5) is 25.7. The van der Waals surface area contributed by atoms with E-state index in [1.165, 1.54) is 24.7 Å². The van der Waals surface area contributed by atoms with Gasteiger partial charge in [0, 0.05) is 20.6 Å². The van der Waals surface area contributed by atoms with Gasteiger partial charge in [0.05, 0.1) is 16.6 Å². The Bertz CT molecular complexity index is 1530. The van der Waals surface area contributed by atoms with Crippen LogP contribution in [0.2, 0.25) is 0 Å². The highest BCUT2D eigenvalue weighted by atomic mass is 32.2. The van der Waals surface area contributed by atoms with Gasteiger partial charge in [-0.1, -0.05) is 23.8 Å². The van der Waals surface area contributed by atoms with Crippen molar-refractivity contribution in [2.75, 3.05) is 0 Å². The van der Waals surface area contributed by atoms with Crippen molar-refractivity contribution >= 4 is 26.8 Å². The Labute approximate surface area is 179 Å². The van der Waals surface area contributed by atoms with Crippen LogP contribution in [0.3, 0.4) is 0 Å². The number of rotatable bonds is 3. The second-order valence-corrected chi connectivity index (χ2v) is 9.03. The van der Waals surface area contributed by atoms with E-state index < -0.39 is 32.6 Å². The molecule has 0 spiro atoms. The van der Waals surface area contributed by atoms with Crippen molar-refractivity contribution in [1.29, 1.82) is 0 Å². The monoisotopic (exact) mass is 469 g/mol. The topological polar surface area (TPSA) is 92.3 Å². The van der Waals surface area contributed by atoms with Crippen LogP contribution in [0.5, 0.6) is 0 Å². The smallest absolute Gasteiger partial charge is 0.374 e. The van der Waals surface area contributed by atoms with E-state index in [0.717, 1.165) is 14.7 Å². The molecular formula is C20H18F3N3O5S. The van der Waals surface area contributed by atoms with Gasteiger partial charge in [0.15, 0.2) is 5.76 Å². The average Bonchev–Trinajstić information content (AvgIpc) is 3.06. The second kappa shape index (κ2) is 7.12. The van der Waals surface area contributed by atoms with E-state index in [1.807, 2.05) is 13.0 Å². The molecule has 170 valence electrons. The van der Waals surface area contributed by atoms with Crippen LogP contribution >= 0.6 is 0 Å². The number of nitrogens with zero attached hydrogens (tertiary/aromatic N) is 3. The minimum Gasteiger partial charge on any atom is -0.374 e. The van der Waals surface area contributed by atoms with Gasteiger partial charge < -0.3 is 8.75 Å². The molecule has 8 nitrogen and oxygen atoms in total. The molecule has 12 heteroatoms. The minimum atomic E-state index is -5.96. The summed E-state index contributed by atoms with van der Waals surface area (Å²) in [5.74, 6) is -0.583. The molecule has 4 rings (SSSR count). The maximum atomic E-state index is 13.1. The van der Waals surface area contributed by atoms with Gasteiger partial charge >= 0.3 is 21.3 Å². The van der Waals surface area contributed by atoms with Crippen molar-refractivity contribution in [3.8, 4) is 11.3 Å². The molecule has 1 aromatic carbocycles. The first-order valence-electron chi connectivity index (χ1n) is 9.45. The van der Waals surface area contributed by atoms with Gasteiger partial charge in [0.1, 0.15) is 5.69 Å². The number of aromatic nitrogens is 3. The molecule has 0 N–H and O–H groups in total. The van der Waals surface area contributed by atoms with E-state index in [9.17, 15) is 31.2 Å². The summed E-state index contributed by atoms with van der Waals surface area (Å²) in [5.41, 5.74) is -5.25. The largest absolute Gasteiger partial charge is 0.534 e. The SMILES string of the molecule is Cc1cccc(-c2c3c(=O)n(C)c(=O)n(C)c3c3n2CCC=C3OS(=O)(=O)C(F)(F)F)c1. The Morgan fingerprint density at radius 3 is 2.38 bits per heavy atom. The van der Waals surface area contributed by atoms with E-state index in [-0.39, 0.29) is 29.6 Å². The fourth-order valence-electron chi connectivity index (χ4n) is 3.94. The molecule has 3 aromatic rings. The van der Waals surface area contributed by atoms with Crippen LogP contribution in [0.25, 0.3) is 27.9 Å². The molecule has 0 amide bonds. The lowest BCUT2D eigenvalue weighted by Crippen LogP contribution is -2.37. The van der Waals surface area contributed by atoms with Crippen molar-refractivity contribution in [2.24, 2.45) is 14.1 Å². The van der Waals surface area contributed by atoms with Crippen molar-refractivity contribution in [3.63, 3.8) is 0 Å². The summed E-state index contributed by atoms with van der Waals surface area (Å²) in [7, 11) is -3.31. The normalized spacial score (nSPS) is 14.4. The Morgan fingerprint density at radius 1 is 1.06 bits per heavy atom. The van der Waals surface area contributed by atoms with E-state index in [0.29, 0.717) is 11.3 Å². The molecule has 0 atom stereocenters. The van der Waals surface area contributed by atoms with Crippen molar-refractivity contribution in [1.82, 2.24) is 13.7 Å². The molecule has 0 fully saturated rings. The fraction of sp³-hybridized carbons (Fsp3) is 0.300. The number of halogens is 3. The van der Waals surface area contributed by atoms with Gasteiger partial charge in [0.25, 0.3) is 5.56 Å². The van der Waals surface area contributed by atoms with Gasteiger partial charge in [-0.05, 0) is 31.1 Å². The number of fused-ring (bicyclic) bond motifs is 3. The molecule has 0 radical (unpaired) electrons. The molecular weight excluding hydrogens is 451 g/mol. The summed E-state index contributed by atoms with van der Waals surface area (Å²) >= 11 is 0. The maximum absolute atomic E-state index is 13.1. The molecule has 2 aromatic heterocycles. The lowest BCUT2D eigenvalue weighted by Gasteiger charge is -2.20. The predicted octanol–water partition coefficient (Wildman–Crippen LogP) is 2.62. The van der Waals surface area contributed by atoms with Gasteiger partial charge in [-0.15, -0.1) is 0 Å². The lowest BCUT2D eigenvalue weighted by molar-refractivity contribution is -0.0509. The van der Waals surface area contributed by atoms with Crippen LogP contribution in [-0.2, 0) is 34.9 Å². The first-order valence-corrected chi connectivity index (χ1v) is 10.9. The highest BCUT2D eigenvalue weighted by Crippen LogP contribution is 2.40. The van der Waals surface area contributed by atoms with Gasteiger partial charge in [0.2, 0.25) is 0 Å². The Balaban J connectivity index is 2.15. The summed E-state index contributed by atoms with van der Waals surface area (Å²) < 4.78 is 70.5. The lowest BCUT2D eigenvalue weighted by atomic mass is 10.1. The second-order valence-electron chi connectivity index (χ2n) is 7.49. The van der Waals surface area contributed by atoms with Gasteiger partial charge in [-0.25, -0.2) is 4.79 Å². The quantitative estimate of drug-likeness (QED) is 0.434. The van der Waals surface area contributed by atoms with Gasteiger partial charge in [-0.2, -0.15) is 21.6 Å². The molecule has 0 aliphatic carbocycles. The summed E-state index contributed by atoms with van der Waals surface area (Å²) in [5, 5.41) is 0.0796. The molecule has 0 saturated heterocycles. The first-order chi connectivity index (χ1) is 14.8. The zero-order valence-corrected chi connectivity index (χ0v) is 18.0. The van der Waals surface area contributed by atoms with Crippen LogP contribution in [0, 0.1) is 6.92 Å². The number of alkyl halides is 3. The van der Waals surface area contributed by atoms with Crippen molar-refractivity contribution in [2.45, 2.75) is 25.4 Å².